The monoisotopic (exact) mass is 541 g/mol. The van der Waals surface area contributed by atoms with Crippen molar-refractivity contribution in [3.63, 3.8) is 0 Å². The molecular formula is C25H33Cl2N3O4S. The summed E-state index contributed by atoms with van der Waals surface area (Å²) in [5.74, 6) is -0.596. The van der Waals surface area contributed by atoms with Crippen LogP contribution in [-0.2, 0) is 26.2 Å². The molecule has 2 aromatic rings. The second-order valence-corrected chi connectivity index (χ2v) is 11.8. The number of hydrogen-bond donors (Lipinski definition) is 1. The summed E-state index contributed by atoms with van der Waals surface area (Å²) in [6.45, 7) is 8.92. The van der Waals surface area contributed by atoms with Crippen molar-refractivity contribution < 1.29 is 18.0 Å². The zero-order valence-electron chi connectivity index (χ0n) is 20.9. The molecule has 2 amide bonds. The molecule has 2 rings (SSSR count). The third-order valence-electron chi connectivity index (χ3n) is 5.46. The predicted molar refractivity (Wildman–Crippen MR) is 142 cm³/mol. The van der Waals surface area contributed by atoms with Gasteiger partial charge < -0.3 is 10.2 Å². The van der Waals surface area contributed by atoms with Gasteiger partial charge >= 0.3 is 0 Å². The predicted octanol–water partition coefficient (Wildman–Crippen LogP) is 4.82. The average Bonchev–Trinajstić information content (AvgIpc) is 2.76. The van der Waals surface area contributed by atoms with Crippen molar-refractivity contribution in [1.82, 2.24) is 10.2 Å². The highest BCUT2D eigenvalue weighted by Gasteiger charge is 2.30. The van der Waals surface area contributed by atoms with Crippen molar-refractivity contribution in [3.05, 3.63) is 63.6 Å². The van der Waals surface area contributed by atoms with Crippen LogP contribution >= 0.6 is 23.2 Å². The molecule has 1 atom stereocenters. The fourth-order valence-electron chi connectivity index (χ4n) is 3.46. The molecule has 0 saturated heterocycles. The van der Waals surface area contributed by atoms with Crippen LogP contribution in [0.3, 0.4) is 0 Å². The molecule has 7 nitrogen and oxygen atoms in total. The van der Waals surface area contributed by atoms with Crippen LogP contribution in [0.4, 0.5) is 5.69 Å². The van der Waals surface area contributed by atoms with Gasteiger partial charge in [0.05, 0.1) is 22.0 Å². The van der Waals surface area contributed by atoms with E-state index in [9.17, 15) is 18.0 Å². The van der Waals surface area contributed by atoms with E-state index in [1.807, 2.05) is 39.8 Å². The number of carbonyl (C=O) groups excluding carboxylic acids is 2. The lowest BCUT2D eigenvalue weighted by molar-refractivity contribution is -0.139. The molecule has 0 bridgehead atoms. The van der Waals surface area contributed by atoms with Gasteiger partial charge in [0.15, 0.2) is 0 Å². The van der Waals surface area contributed by atoms with Crippen LogP contribution in [0.15, 0.2) is 42.5 Å². The number of halogens is 2. The number of benzene rings is 2. The van der Waals surface area contributed by atoms with E-state index in [1.54, 1.807) is 37.3 Å². The normalized spacial score (nSPS) is 12.5. The van der Waals surface area contributed by atoms with E-state index in [4.69, 9.17) is 23.2 Å². The van der Waals surface area contributed by atoms with Crippen LogP contribution in [0.2, 0.25) is 10.0 Å². The van der Waals surface area contributed by atoms with E-state index < -0.39 is 28.5 Å². The van der Waals surface area contributed by atoms with E-state index in [2.05, 4.69) is 5.32 Å². The summed E-state index contributed by atoms with van der Waals surface area (Å²) in [6.07, 6.45) is 1.05. The molecule has 0 aliphatic rings. The Bertz CT molecular complexity index is 1150. The standard InChI is InChI=1S/C25H33Cl2N3O4S/c1-16(2)20-8-10-21(11-9-20)30(35(6,33)34)15-24(31)29(18(5)25(32)28-17(3)4)14-19-7-12-22(26)23(27)13-19/h7-13,16-18H,14-15H2,1-6H3,(H,28,32)/t18-/m0/s1. The molecule has 0 aromatic heterocycles. The van der Waals surface area contributed by atoms with Crippen molar-refractivity contribution in [1.29, 1.82) is 0 Å². The molecular weight excluding hydrogens is 509 g/mol. The lowest BCUT2D eigenvalue weighted by atomic mass is 10.0. The SMILES string of the molecule is CC(C)NC(=O)[C@H](C)N(Cc1ccc(Cl)c(Cl)c1)C(=O)CN(c1ccc(C(C)C)cc1)S(C)(=O)=O. The number of nitrogens with zero attached hydrogens (tertiary/aromatic N) is 2. The number of nitrogens with one attached hydrogen (secondary N) is 1. The molecule has 0 fully saturated rings. The van der Waals surface area contributed by atoms with Crippen molar-refractivity contribution >= 4 is 50.7 Å². The summed E-state index contributed by atoms with van der Waals surface area (Å²) in [5, 5.41) is 3.49. The summed E-state index contributed by atoms with van der Waals surface area (Å²) in [6, 6.07) is 11.0. The van der Waals surface area contributed by atoms with E-state index in [0.717, 1.165) is 16.1 Å². The van der Waals surface area contributed by atoms with Crippen LogP contribution in [0.5, 0.6) is 0 Å². The minimum Gasteiger partial charge on any atom is -0.352 e. The molecule has 0 aliphatic heterocycles. The first-order chi connectivity index (χ1) is 16.2. The Morgan fingerprint density at radius 2 is 1.54 bits per heavy atom. The van der Waals surface area contributed by atoms with Gasteiger partial charge in [-0.05, 0) is 62.1 Å². The van der Waals surface area contributed by atoms with Crippen LogP contribution in [-0.4, -0.2) is 50.0 Å². The van der Waals surface area contributed by atoms with E-state index >= 15 is 0 Å². The van der Waals surface area contributed by atoms with Crippen LogP contribution in [0.25, 0.3) is 0 Å². The van der Waals surface area contributed by atoms with Crippen LogP contribution in [0.1, 0.15) is 51.7 Å². The molecule has 10 heteroatoms. The number of sulfonamides is 1. The van der Waals surface area contributed by atoms with E-state index in [1.165, 1.54) is 4.90 Å². The third kappa shape index (κ3) is 8.12. The number of carbonyl (C=O) groups is 2. The lowest BCUT2D eigenvalue weighted by Gasteiger charge is -2.32. The first-order valence-electron chi connectivity index (χ1n) is 11.3. The van der Waals surface area contributed by atoms with Gasteiger partial charge in [0.25, 0.3) is 0 Å². The Balaban J connectivity index is 2.41. The topological polar surface area (TPSA) is 86.8 Å². The van der Waals surface area contributed by atoms with Gasteiger partial charge in [-0.15, -0.1) is 0 Å². The number of hydrogen-bond acceptors (Lipinski definition) is 4. The van der Waals surface area contributed by atoms with Crippen molar-refractivity contribution in [2.75, 3.05) is 17.1 Å². The third-order valence-corrected chi connectivity index (χ3v) is 7.34. The highest BCUT2D eigenvalue weighted by Crippen LogP contribution is 2.25. The minimum atomic E-state index is -3.78. The quantitative estimate of drug-likeness (QED) is 0.466. The van der Waals surface area contributed by atoms with Gasteiger partial charge in [-0.1, -0.05) is 55.2 Å². The Morgan fingerprint density at radius 3 is 2.03 bits per heavy atom. The minimum absolute atomic E-state index is 0.0479. The maximum atomic E-state index is 13.5. The van der Waals surface area contributed by atoms with Gasteiger partial charge in [-0.3, -0.25) is 13.9 Å². The second kappa shape index (κ2) is 12.1. The first-order valence-corrected chi connectivity index (χ1v) is 13.9. The van der Waals surface area contributed by atoms with Crippen LogP contribution in [0, 0.1) is 0 Å². The Morgan fingerprint density at radius 1 is 0.943 bits per heavy atom. The molecule has 0 aliphatic carbocycles. The smallest absolute Gasteiger partial charge is 0.244 e. The highest BCUT2D eigenvalue weighted by molar-refractivity contribution is 7.92. The first kappa shape index (κ1) is 28.9. The summed E-state index contributed by atoms with van der Waals surface area (Å²) >= 11 is 12.2. The van der Waals surface area contributed by atoms with Gasteiger partial charge in [0, 0.05) is 12.6 Å². The Hall–Kier alpha value is -2.29. The molecule has 0 heterocycles. The van der Waals surface area contributed by atoms with Crippen LogP contribution < -0.4 is 9.62 Å². The average molecular weight is 543 g/mol. The molecule has 0 spiro atoms. The van der Waals surface area contributed by atoms with E-state index in [-0.39, 0.29) is 24.4 Å². The fourth-order valence-corrected chi connectivity index (χ4v) is 4.63. The maximum Gasteiger partial charge on any atom is 0.244 e. The molecule has 192 valence electrons. The molecule has 0 radical (unpaired) electrons. The second-order valence-electron chi connectivity index (χ2n) is 9.13. The Labute approximate surface area is 218 Å². The summed E-state index contributed by atoms with van der Waals surface area (Å²) in [5.41, 5.74) is 2.08. The largest absolute Gasteiger partial charge is 0.352 e. The van der Waals surface area contributed by atoms with Gasteiger partial charge in [0.1, 0.15) is 12.6 Å². The molecule has 35 heavy (non-hydrogen) atoms. The van der Waals surface area contributed by atoms with Crippen molar-refractivity contribution in [3.8, 4) is 0 Å². The summed E-state index contributed by atoms with van der Waals surface area (Å²) in [4.78, 5) is 27.6. The Kier molecular flexibility index (Phi) is 10.0. The van der Waals surface area contributed by atoms with Gasteiger partial charge in [-0.2, -0.15) is 0 Å². The molecule has 2 aromatic carbocycles. The van der Waals surface area contributed by atoms with Gasteiger partial charge in [0.2, 0.25) is 21.8 Å². The zero-order chi connectivity index (χ0) is 26.5. The maximum absolute atomic E-state index is 13.5. The number of anilines is 1. The van der Waals surface area contributed by atoms with Crippen molar-refractivity contribution in [2.45, 2.75) is 59.2 Å². The number of rotatable bonds is 10. The fraction of sp³-hybridized carbons (Fsp3) is 0.440. The number of amides is 2. The molecule has 0 saturated carbocycles. The summed E-state index contributed by atoms with van der Waals surface area (Å²) < 4.78 is 26.3. The summed E-state index contributed by atoms with van der Waals surface area (Å²) in [7, 11) is -3.78. The van der Waals surface area contributed by atoms with E-state index in [0.29, 0.717) is 21.3 Å². The van der Waals surface area contributed by atoms with Gasteiger partial charge in [-0.25, -0.2) is 8.42 Å². The highest BCUT2D eigenvalue weighted by atomic mass is 35.5. The van der Waals surface area contributed by atoms with Crippen molar-refractivity contribution in [2.24, 2.45) is 0 Å². The lowest BCUT2D eigenvalue weighted by Crippen LogP contribution is -2.52. The zero-order valence-corrected chi connectivity index (χ0v) is 23.2. The molecule has 1 N–H and O–H groups in total. The molecule has 0 unspecified atom stereocenters.